The quantitative estimate of drug-likeness (QED) is 0.579. The smallest absolute Gasteiger partial charge is 0.356 e. The van der Waals surface area contributed by atoms with Crippen LogP contribution in [0.4, 0.5) is 13.2 Å². The van der Waals surface area contributed by atoms with Gasteiger partial charge in [-0.1, -0.05) is 6.92 Å². The fourth-order valence-corrected chi connectivity index (χ4v) is 3.19. The topological polar surface area (TPSA) is 73.8 Å². The average molecular weight is 344 g/mol. The molecule has 0 atom stereocenters. The van der Waals surface area contributed by atoms with Gasteiger partial charge in [-0.2, -0.15) is 17.5 Å². The van der Waals surface area contributed by atoms with E-state index in [2.05, 4.69) is 15.6 Å². The minimum atomic E-state index is -5.22. The fraction of sp³-hybridized carbons (Fsp3) is 0.917. The molecule has 0 amide bonds. The van der Waals surface area contributed by atoms with E-state index < -0.39 is 15.5 Å². The summed E-state index contributed by atoms with van der Waals surface area (Å²) in [6.07, 6.45) is 1.74. The molecule has 6 nitrogen and oxygen atoms in total. The Hall–Kier alpha value is -1.03. The van der Waals surface area contributed by atoms with E-state index >= 15 is 0 Å². The van der Waals surface area contributed by atoms with Crippen LogP contribution in [0.25, 0.3) is 0 Å². The molecule has 0 aromatic heterocycles. The van der Waals surface area contributed by atoms with E-state index in [4.69, 9.17) is 0 Å². The fourth-order valence-electron chi connectivity index (χ4n) is 2.21. The third kappa shape index (κ3) is 5.01. The Morgan fingerprint density at radius 2 is 1.86 bits per heavy atom. The Morgan fingerprint density at radius 3 is 2.32 bits per heavy atom. The van der Waals surface area contributed by atoms with Crippen molar-refractivity contribution in [2.75, 3.05) is 33.2 Å². The van der Waals surface area contributed by atoms with Crippen molar-refractivity contribution in [3.05, 3.63) is 0 Å². The molecule has 1 fully saturated rings. The Bertz CT molecular complexity index is 471. The lowest BCUT2D eigenvalue weighted by atomic mass is 9.98. The highest BCUT2D eigenvalue weighted by Gasteiger charge is 2.50. The maximum atomic E-state index is 12.5. The zero-order valence-electron chi connectivity index (χ0n) is 12.8. The maximum absolute atomic E-state index is 12.5. The Kier molecular flexibility index (Phi) is 6.92. The molecule has 22 heavy (non-hydrogen) atoms. The van der Waals surface area contributed by atoms with Crippen molar-refractivity contribution in [1.29, 1.82) is 0 Å². The van der Waals surface area contributed by atoms with Gasteiger partial charge >= 0.3 is 15.5 Å². The molecule has 1 aliphatic rings. The number of piperidine rings is 1. The van der Waals surface area contributed by atoms with Crippen LogP contribution in [0, 0.1) is 5.92 Å². The van der Waals surface area contributed by atoms with Crippen molar-refractivity contribution in [2.45, 2.75) is 31.7 Å². The minimum absolute atomic E-state index is 0.102. The zero-order valence-corrected chi connectivity index (χ0v) is 13.6. The molecule has 0 spiro atoms. The van der Waals surface area contributed by atoms with Crippen LogP contribution in [-0.2, 0) is 10.0 Å². The molecular formula is C12H23F3N4O2S. The van der Waals surface area contributed by atoms with E-state index in [0.717, 1.165) is 13.0 Å². The van der Waals surface area contributed by atoms with Crippen molar-refractivity contribution in [1.82, 2.24) is 14.9 Å². The summed E-state index contributed by atoms with van der Waals surface area (Å²) in [6, 6.07) is 0. The molecular weight excluding hydrogens is 321 g/mol. The van der Waals surface area contributed by atoms with Gasteiger partial charge in [0.15, 0.2) is 5.96 Å². The van der Waals surface area contributed by atoms with Crippen molar-refractivity contribution in [3.63, 3.8) is 0 Å². The van der Waals surface area contributed by atoms with Crippen molar-refractivity contribution < 1.29 is 21.6 Å². The number of halogens is 3. The summed E-state index contributed by atoms with van der Waals surface area (Å²) >= 11 is 0. The largest absolute Gasteiger partial charge is 0.511 e. The lowest BCUT2D eigenvalue weighted by Gasteiger charge is -2.31. The average Bonchev–Trinajstić information content (AvgIpc) is 2.47. The van der Waals surface area contributed by atoms with Gasteiger partial charge in [-0.3, -0.25) is 4.99 Å². The summed E-state index contributed by atoms with van der Waals surface area (Å²) in [7, 11) is -3.55. The molecule has 130 valence electrons. The van der Waals surface area contributed by atoms with Gasteiger partial charge < -0.3 is 10.6 Å². The molecule has 0 radical (unpaired) electrons. The lowest BCUT2D eigenvalue weighted by molar-refractivity contribution is -0.0496. The molecule has 10 heteroatoms. The predicted octanol–water partition coefficient (Wildman–Crippen LogP) is 1.12. The highest BCUT2D eigenvalue weighted by molar-refractivity contribution is 7.90. The number of hydrogen-bond donors (Lipinski definition) is 2. The third-order valence-electron chi connectivity index (χ3n) is 3.53. The molecule has 0 aromatic carbocycles. The number of sulfonamides is 1. The second kappa shape index (κ2) is 8.00. The molecule has 0 aromatic rings. The van der Waals surface area contributed by atoms with E-state index in [0.29, 0.717) is 29.7 Å². The summed E-state index contributed by atoms with van der Waals surface area (Å²) in [4.78, 5) is 4.04. The summed E-state index contributed by atoms with van der Waals surface area (Å²) < 4.78 is 60.5. The number of aliphatic imine (C=N–C) groups is 1. The Morgan fingerprint density at radius 1 is 1.27 bits per heavy atom. The van der Waals surface area contributed by atoms with Gasteiger partial charge in [-0.15, -0.1) is 0 Å². The van der Waals surface area contributed by atoms with Crippen LogP contribution in [0.5, 0.6) is 0 Å². The first-order valence-electron chi connectivity index (χ1n) is 7.23. The highest BCUT2D eigenvalue weighted by atomic mass is 32.2. The highest BCUT2D eigenvalue weighted by Crippen LogP contribution is 2.30. The SMILES string of the molecule is CCCNC(=NC)NCC1CCN(S(=O)(=O)C(F)(F)F)CC1. The van der Waals surface area contributed by atoms with E-state index in [-0.39, 0.29) is 19.0 Å². The second-order valence-electron chi connectivity index (χ2n) is 5.17. The first kappa shape index (κ1) is 19.0. The number of rotatable bonds is 5. The van der Waals surface area contributed by atoms with E-state index in [1.165, 1.54) is 0 Å². The molecule has 1 saturated heterocycles. The van der Waals surface area contributed by atoms with Crippen LogP contribution in [0.15, 0.2) is 4.99 Å². The predicted molar refractivity (Wildman–Crippen MR) is 78.9 cm³/mol. The number of hydrogen-bond acceptors (Lipinski definition) is 3. The molecule has 1 rings (SSSR count). The van der Waals surface area contributed by atoms with Crippen LogP contribution in [0.2, 0.25) is 0 Å². The van der Waals surface area contributed by atoms with Crippen molar-refractivity contribution in [3.8, 4) is 0 Å². The summed E-state index contributed by atoms with van der Waals surface area (Å²) in [5, 5.41) is 6.20. The van der Waals surface area contributed by atoms with E-state index in [9.17, 15) is 21.6 Å². The standard InChI is InChI=1S/C12H23F3N4O2S/c1-3-6-17-11(16-2)18-9-10-4-7-19(8-5-10)22(20,21)12(13,14)15/h10H,3-9H2,1-2H3,(H2,16,17,18). The molecule has 1 aliphatic heterocycles. The second-order valence-corrected chi connectivity index (χ2v) is 7.10. The number of nitrogens with one attached hydrogen (secondary N) is 2. The van der Waals surface area contributed by atoms with Crippen LogP contribution in [-0.4, -0.2) is 57.4 Å². The van der Waals surface area contributed by atoms with Gasteiger partial charge in [0, 0.05) is 33.2 Å². The summed E-state index contributed by atoms with van der Waals surface area (Å²) in [5.74, 6) is 0.770. The van der Waals surface area contributed by atoms with Crippen LogP contribution in [0.1, 0.15) is 26.2 Å². The lowest BCUT2D eigenvalue weighted by Crippen LogP contribution is -2.47. The minimum Gasteiger partial charge on any atom is -0.356 e. The zero-order chi connectivity index (χ0) is 16.8. The summed E-state index contributed by atoms with van der Waals surface area (Å²) in [5.41, 5.74) is -5.22. The van der Waals surface area contributed by atoms with Crippen molar-refractivity contribution >= 4 is 16.0 Å². The van der Waals surface area contributed by atoms with Crippen LogP contribution >= 0.6 is 0 Å². The Balaban J connectivity index is 2.43. The molecule has 0 aliphatic carbocycles. The molecule has 0 saturated carbocycles. The van der Waals surface area contributed by atoms with Gasteiger partial charge in [-0.25, -0.2) is 8.42 Å². The molecule has 0 bridgehead atoms. The number of alkyl halides is 3. The summed E-state index contributed by atoms with van der Waals surface area (Å²) in [6.45, 7) is 3.16. The number of guanidine groups is 1. The molecule has 0 unspecified atom stereocenters. The van der Waals surface area contributed by atoms with E-state index in [1.807, 2.05) is 6.92 Å². The number of nitrogens with zero attached hydrogens (tertiary/aromatic N) is 2. The van der Waals surface area contributed by atoms with Gasteiger partial charge in [0.1, 0.15) is 0 Å². The van der Waals surface area contributed by atoms with Gasteiger partial charge in [0.25, 0.3) is 0 Å². The molecule has 1 heterocycles. The van der Waals surface area contributed by atoms with E-state index in [1.54, 1.807) is 7.05 Å². The van der Waals surface area contributed by atoms with Gasteiger partial charge in [-0.05, 0) is 25.2 Å². The van der Waals surface area contributed by atoms with Gasteiger partial charge in [0.2, 0.25) is 0 Å². The normalized spacial score (nSPS) is 19.2. The monoisotopic (exact) mass is 344 g/mol. The van der Waals surface area contributed by atoms with Crippen LogP contribution < -0.4 is 10.6 Å². The first-order valence-corrected chi connectivity index (χ1v) is 8.67. The first-order chi connectivity index (χ1) is 10.2. The van der Waals surface area contributed by atoms with Crippen LogP contribution in [0.3, 0.4) is 0 Å². The third-order valence-corrected chi connectivity index (χ3v) is 5.16. The Labute approximate surface area is 129 Å². The molecule has 2 N–H and O–H groups in total. The maximum Gasteiger partial charge on any atom is 0.511 e. The van der Waals surface area contributed by atoms with Gasteiger partial charge in [0.05, 0.1) is 0 Å². The van der Waals surface area contributed by atoms with Crippen molar-refractivity contribution in [2.24, 2.45) is 10.9 Å².